The summed E-state index contributed by atoms with van der Waals surface area (Å²) in [5.74, 6) is 0.822. The lowest BCUT2D eigenvalue weighted by Gasteiger charge is -2.13. The number of rotatable bonds is 6. The molecule has 0 aliphatic heterocycles. The van der Waals surface area contributed by atoms with Crippen LogP contribution in [0.5, 0.6) is 5.75 Å². The van der Waals surface area contributed by atoms with Crippen LogP contribution in [-0.2, 0) is 0 Å². The van der Waals surface area contributed by atoms with Crippen molar-refractivity contribution in [3.05, 3.63) is 42.2 Å². The largest absolute Gasteiger partial charge is 0.495 e. The van der Waals surface area contributed by atoms with Gasteiger partial charge in [-0.15, -0.1) is 0 Å². The van der Waals surface area contributed by atoms with Crippen LogP contribution in [0.15, 0.2) is 36.7 Å². The second-order valence-electron chi connectivity index (χ2n) is 4.72. The summed E-state index contributed by atoms with van der Waals surface area (Å²) in [5, 5.41) is 6.68. The fourth-order valence-electron chi connectivity index (χ4n) is 1.95. The number of aromatic nitrogens is 1. The van der Waals surface area contributed by atoms with Gasteiger partial charge in [-0.05, 0) is 37.1 Å². The highest BCUT2D eigenvalue weighted by Crippen LogP contribution is 2.29. The Balaban J connectivity index is 2.19. The third-order valence-corrected chi connectivity index (χ3v) is 2.95. The van der Waals surface area contributed by atoms with Crippen LogP contribution in [0.25, 0.3) is 0 Å². The Morgan fingerprint density at radius 2 is 1.95 bits per heavy atom. The Kier molecular flexibility index (Phi) is 4.82. The molecule has 1 aromatic carbocycles. The predicted molar refractivity (Wildman–Crippen MR) is 84.0 cm³/mol. The van der Waals surface area contributed by atoms with Crippen molar-refractivity contribution >= 4 is 17.1 Å². The molecule has 0 saturated heterocycles. The second kappa shape index (κ2) is 6.80. The van der Waals surface area contributed by atoms with Crippen molar-refractivity contribution in [3.8, 4) is 5.75 Å². The minimum Gasteiger partial charge on any atom is -0.495 e. The molecule has 0 bridgehead atoms. The Labute approximate surface area is 120 Å². The first-order valence-electron chi connectivity index (χ1n) is 6.83. The van der Waals surface area contributed by atoms with E-state index in [-0.39, 0.29) is 0 Å². The number of nitrogens with one attached hydrogen (secondary N) is 2. The van der Waals surface area contributed by atoms with Crippen molar-refractivity contribution < 1.29 is 4.74 Å². The SMILES string of the molecule is CCCNc1cncc(Nc2cc(C)ccc2OC)c1. The number of nitrogens with zero attached hydrogens (tertiary/aromatic N) is 1. The first kappa shape index (κ1) is 14.2. The van der Waals surface area contributed by atoms with Gasteiger partial charge < -0.3 is 15.4 Å². The number of anilines is 3. The molecule has 0 fully saturated rings. The summed E-state index contributed by atoms with van der Waals surface area (Å²) in [6.45, 7) is 5.14. The van der Waals surface area contributed by atoms with Crippen LogP contribution >= 0.6 is 0 Å². The molecule has 0 amide bonds. The van der Waals surface area contributed by atoms with Crippen LogP contribution in [0.1, 0.15) is 18.9 Å². The molecule has 1 aromatic heterocycles. The molecule has 0 unspecified atom stereocenters. The van der Waals surface area contributed by atoms with E-state index in [0.29, 0.717) is 0 Å². The minimum atomic E-state index is 0.822. The fraction of sp³-hybridized carbons (Fsp3) is 0.312. The highest BCUT2D eigenvalue weighted by atomic mass is 16.5. The van der Waals surface area contributed by atoms with Gasteiger partial charge in [0.15, 0.2) is 0 Å². The van der Waals surface area contributed by atoms with Gasteiger partial charge in [-0.25, -0.2) is 0 Å². The maximum Gasteiger partial charge on any atom is 0.142 e. The molecule has 0 aliphatic carbocycles. The molecule has 4 nitrogen and oxygen atoms in total. The van der Waals surface area contributed by atoms with Crippen LogP contribution in [0.2, 0.25) is 0 Å². The number of benzene rings is 1. The van der Waals surface area contributed by atoms with Crippen molar-refractivity contribution in [1.29, 1.82) is 0 Å². The standard InChI is InChI=1S/C16H21N3O/c1-4-7-18-13-9-14(11-17-10-13)19-15-8-12(2)5-6-16(15)20-3/h5-6,8-11,18-19H,4,7H2,1-3H3. The van der Waals surface area contributed by atoms with Crippen LogP contribution in [0.4, 0.5) is 17.1 Å². The fourth-order valence-corrected chi connectivity index (χ4v) is 1.95. The van der Waals surface area contributed by atoms with Crippen LogP contribution < -0.4 is 15.4 Å². The number of hydrogen-bond donors (Lipinski definition) is 2. The van der Waals surface area contributed by atoms with E-state index in [1.165, 1.54) is 5.56 Å². The zero-order chi connectivity index (χ0) is 14.4. The van der Waals surface area contributed by atoms with Crippen LogP contribution in [0, 0.1) is 6.92 Å². The normalized spacial score (nSPS) is 10.2. The first-order valence-corrected chi connectivity index (χ1v) is 6.83. The number of ether oxygens (including phenoxy) is 1. The molecule has 2 N–H and O–H groups in total. The third kappa shape index (κ3) is 3.63. The summed E-state index contributed by atoms with van der Waals surface area (Å²) >= 11 is 0. The van der Waals surface area contributed by atoms with Crippen molar-refractivity contribution in [3.63, 3.8) is 0 Å². The first-order chi connectivity index (χ1) is 9.72. The average Bonchev–Trinajstić information content (AvgIpc) is 2.46. The van der Waals surface area contributed by atoms with E-state index in [1.54, 1.807) is 13.3 Å². The average molecular weight is 271 g/mol. The molecule has 4 heteroatoms. The smallest absolute Gasteiger partial charge is 0.142 e. The Morgan fingerprint density at radius 1 is 1.15 bits per heavy atom. The predicted octanol–water partition coefficient (Wildman–Crippen LogP) is 3.96. The van der Waals surface area contributed by atoms with E-state index in [9.17, 15) is 0 Å². The lowest BCUT2D eigenvalue weighted by atomic mass is 10.2. The van der Waals surface area contributed by atoms with E-state index in [2.05, 4.69) is 35.5 Å². The summed E-state index contributed by atoms with van der Waals surface area (Å²) in [6, 6.07) is 8.10. The van der Waals surface area contributed by atoms with Gasteiger partial charge in [0.25, 0.3) is 0 Å². The molecule has 20 heavy (non-hydrogen) atoms. The number of aryl methyl sites for hydroxylation is 1. The van der Waals surface area contributed by atoms with Crippen molar-refractivity contribution in [2.45, 2.75) is 20.3 Å². The van der Waals surface area contributed by atoms with Gasteiger partial charge in [-0.3, -0.25) is 4.98 Å². The van der Waals surface area contributed by atoms with E-state index < -0.39 is 0 Å². The number of methoxy groups -OCH3 is 1. The molecule has 0 aliphatic rings. The highest BCUT2D eigenvalue weighted by molar-refractivity contribution is 5.68. The van der Waals surface area contributed by atoms with E-state index in [0.717, 1.165) is 35.8 Å². The molecule has 2 aromatic rings. The van der Waals surface area contributed by atoms with E-state index in [4.69, 9.17) is 4.74 Å². The zero-order valence-corrected chi connectivity index (χ0v) is 12.2. The second-order valence-corrected chi connectivity index (χ2v) is 4.72. The topological polar surface area (TPSA) is 46.2 Å². The van der Waals surface area contributed by atoms with Gasteiger partial charge >= 0.3 is 0 Å². The van der Waals surface area contributed by atoms with Gasteiger partial charge in [-0.1, -0.05) is 13.0 Å². The minimum absolute atomic E-state index is 0.822. The van der Waals surface area contributed by atoms with Crippen molar-refractivity contribution in [1.82, 2.24) is 4.98 Å². The lowest BCUT2D eigenvalue weighted by Crippen LogP contribution is -2.01. The number of pyridine rings is 1. The molecule has 0 saturated carbocycles. The number of hydrogen-bond acceptors (Lipinski definition) is 4. The third-order valence-electron chi connectivity index (χ3n) is 2.95. The maximum absolute atomic E-state index is 5.37. The van der Waals surface area contributed by atoms with Gasteiger partial charge in [-0.2, -0.15) is 0 Å². The van der Waals surface area contributed by atoms with Crippen molar-refractivity contribution in [2.75, 3.05) is 24.3 Å². The molecule has 2 rings (SSSR count). The monoisotopic (exact) mass is 271 g/mol. The highest BCUT2D eigenvalue weighted by Gasteiger charge is 2.04. The quantitative estimate of drug-likeness (QED) is 0.834. The maximum atomic E-state index is 5.37. The summed E-state index contributed by atoms with van der Waals surface area (Å²) in [6.07, 6.45) is 4.72. The molecule has 1 heterocycles. The molecule has 106 valence electrons. The molecule has 0 radical (unpaired) electrons. The molecule has 0 spiro atoms. The van der Waals surface area contributed by atoms with Crippen LogP contribution in [-0.4, -0.2) is 18.6 Å². The van der Waals surface area contributed by atoms with Gasteiger partial charge in [0.2, 0.25) is 0 Å². The van der Waals surface area contributed by atoms with E-state index in [1.807, 2.05) is 24.4 Å². The summed E-state index contributed by atoms with van der Waals surface area (Å²) in [5.41, 5.74) is 4.09. The van der Waals surface area contributed by atoms with Crippen molar-refractivity contribution in [2.24, 2.45) is 0 Å². The molecular weight excluding hydrogens is 250 g/mol. The van der Waals surface area contributed by atoms with Gasteiger partial charge in [0.05, 0.1) is 36.6 Å². The summed E-state index contributed by atoms with van der Waals surface area (Å²) in [4.78, 5) is 4.25. The Morgan fingerprint density at radius 3 is 2.70 bits per heavy atom. The molecular formula is C16H21N3O. The summed E-state index contributed by atoms with van der Waals surface area (Å²) in [7, 11) is 1.67. The molecule has 0 atom stereocenters. The lowest BCUT2D eigenvalue weighted by molar-refractivity contribution is 0.416. The van der Waals surface area contributed by atoms with Gasteiger partial charge in [0, 0.05) is 6.54 Å². The Hall–Kier alpha value is -2.23. The summed E-state index contributed by atoms with van der Waals surface area (Å²) < 4.78 is 5.37. The van der Waals surface area contributed by atoms with Crippen LogP contribution in [0.3, 0.4) is 0 Å². The Bertz CT molecular complexity index is 569. The zero-order valence-electron chi connectivity index (χ0n) is 12.2. The van der Waals surface area contributed by atoms with E-state index >= 15 is 0 Å². The van der Waals surface area contributed by atoms with Gasteiger partial charge in [0.1, 0.15) is 5.75 Å².